The summed E-state index contributed by atoms with van der Waals surface area (Å²) in [6, 6.07) is 0. The minimum absolute atomic E-state index is 0. The zero-order chi connectivity index (χ0) is 26.1. The van der Waals surface area contributed by atoms with E-state index in [1.807, 2.05) is 13.8 Å². The molecule has 1 amide bonds. The van der Waals surface area contributed by atoms with Gasteiger partial charge in [0, 0.05) is 11.8 Å². The Morgan fingerprint density at radius 2 is 0.886 bits per heavy atom. The molecule has 0 saturated heterocycles. The van der Waals surface area contributed by atoms with Gasteiger partial charge in [-0.2, -0.15) is 0 Å². The molecule has 5 heteroatoms. The molecular formula is C30H65ClN2O2. The van der Waals surface area contributed by atoms with Crippen LogP contribution in [0.1, 0.15) is 176 Å². The molecule has 0 fully saturated rings. The molecular weight excluding hydrogens is 456 g/mol. The van der Waals surface area contributed by atoms with Crippen LogP contribution in [0.4, 0.5) is 0 Å². The van der Waals surface area contributed by atoms with Crippen LogP contribution in [0.2, 0.25) is 0 Å². The van der Waals surface area contributed by atoms with Crippen molar-refractivity contribution in [2.45, 2.75) is 182 Å². The second kappa shape index (κ2) is 26.7. The van der Waals surface area contributed by atoms with Gasteiger partial charge in [0.2, 0.25) is 5.91 Å². The fraction of sp³-hybridized carbons (Fsp3) is 0.967. The number of hydrogen-bond donors (Lipinski definition) is 3. The van der Waals surface area contributed by atoms with Crippen LogP contribution in [0.15, 0.2) is 0 Å². The largest absolute Gasteiger partial charge is 0.376 e. The molecule has 0 aromatic carbocycles. The van der Waals surface area contributed by atoms with Crippen molar-refractivity contribution in [1.29, 1.82) is 0 Å². The molecule has 1 atom stereocenters. The molecule has 0 aliphatic carbocycles. The van der Waals surface area contributed by atoms with Crippen molar-refractivity contribution in [2.75, 3.05) is 0 Å². The van der Waals surface area contributed by atoms with Gasteiger partial charge in [-0.1, -0.05) is 150 Å². The predicted octanol–water partition coefficient (Wildman–Crippen LogP) is 9.20. The van der Waals surface area contributed by atoms with Crippen LogP contribution < -0.4 is 11.5 Å². The van der Waals surface area contributed by atoms with E-state index in [4.69, 9.17) is 11.5 Å². The first-order valence-corrected chi connectivity index (χ1v) is 14.9. The molecule has 0 rings (SSSR count). The Bertz CT molecular complexity index is 437. The Balaban J connectivity index is -0.000000784. The lowest BCUT2D eigenvalue weighted by Crippen LogP contribution is -2.49. The van der Waals surface area contributed by atoms with E-state index in [0.29, 0.717) is 6.42 Å². The molecule has 0 saturated carbocycles. The van der Waals surface area contributed by atoms with Crippen LogP contribution in [0, 0.1) is 5.41 Å². The van der Waals surface area contributed by atoms with E-state index in [2.05, 4.69) is 13.8 Å². The van der Waals surface area contributed by atoms with Crippen LogP contribution in [-0.2, 0) is 4.79 Å². The lowest BCUT2D eigenvalue weighted by atomic mass is 9.79. The van der Waals surface area contributed by atoms with E-state index >= 15 is 0 Å². The third kappa shape index (κ3) is 29.8. The molecule has 0 bridgehead atoms. The maximum Gasteiger partial charge on any atom is 0.217 e. The third-order valence-corrected chi connectivity index (χ3v) is 7.27. The number of carbonyl (C=O) groups excluding carboxylic acids is 1. The summed E-state index contributed by atoms with van der Waals surface area (Å²) in [7, 11) is 0. The normalized spacial score (nSPS) is 12.9. The van der Waals surface area contributed by atoms with Gasteiger partial charge in [0.05, 0.1) is 0 Å². The van der Waals surface area contributed by atoms with Crippen LogP contribution in [0.25, 0.3) is 0 Å². The summed E-state index contributed by atoms with van der Waals surface area (Å²) in [5.74, 6) is -0.151. The van der Waals surface area contributed by atoms with E-state index < -0.39 is 5.72 Å². The highest BCUT2D eigenvalue weighted by molar-refractivity contribution is 5.85. The first kappa shape index (κ1) is 39.2. The van der Waals surface area contributed by atoms with Crippen molar-refractivity contribution in [2.24, 2.45) is 16.9 Å². The summed E-state index contributed by atoms with van der Waals surface area (Å²) in [6.45, 7) is 10.00. The first-order chi connectivity index (χ1) is 16.1. The topological polar surface area (TPSA) is 89.3 Å². The number of unbranched alkanes of at least 4 members (excludes halogenated alkanes) is 18. The van der Waals surface area contributed by atoms with Crippen LogP contribution in [0.3, 0.4) is 0 Å². The van der Waals surface area contributed by atoms with Gasteiger partial charge in [0.1, 0.15) is 5.72 Å². The summed E-state index contributed by atoms with van der Waals surface area (Å²) < 4.78 is 0. The maximum absolute atomic E-state index is 10.6. The van der Waals surface area contributed by atoms with Crippen molar-refractivity contribution in [1.82, 2.24) is 0 Å². The second-order valence-electron chi connectivity index (χ2n) is 11.4. The SMILES string of the molecule is CCCC(C)(C)C(C)(N)O.CCCCCCCCCCCCCCCCCCCCCC(N)=O.Cl. The van der Waals surface area contributed by atoms with Gasteiger partial charge in [0.25, 0.3) is 0 Å². The molecule has 214 valence electrons. The summed E-state index contributed by atoms with van der Waals surface area (Å²) in [5.41, 5.74) is 9.45. The zero-order valence-electron chi connectivity index (χ0n) is 24.5. The Hall–Kier alpha value is -0.320. The lowest BCUT2D eigenvalue weighted by Gasteiger charge is -2.36. The standard InChI is InChI=1S/C22H45NO.C8H19NO.ClH/c1-2-3-4-5-6-7-8-9-10-11-12-13-14-15-16-17-18-19-20-21-22(23)24;1-5-6-7(2,3)8(4,9)10;/h2-21H2,1H3,(H2,23,24);10H,5-6,9H2,1-4H3;1H. The van der Waals surface area contributed by atoms with Crippen LogP contribution >= 0.6 is 12.4 Å². The number of nitrogens with two attached hydrogens (primary N) is 2. The van der Waals surface area contributed by atoms with Crippen molar-refractivity contribution in [3.05, 3.63) is 0 Å². The van der Waals surface area contributed by atoms with Crippen molar-refractivity contribution in [3.63, 3.8) is 0 Å². The number of hydrogen-bond acceptors (Lipinski definition) is 3. The van der Waals surface area contributed by atoms with Gasteiger partial charge in [0.15, 0.2) is 0 Å². The molecule has 0 aromatic heterocycles. The number of amides is 1. The second-order valence-corrected chi connectivity index (χ2v) is 11.4. The molecule has 4 nitrogen and oxygen atoms in total. The predicted molar refractivity (Wildman–Crippen MR) is 158 cm³/mol. The Morgan fingerprint density at radius 1 is 0.600 bits per heavy atom. The highest BCUT2D eigenvalue weighted by Gasteiger charge is 2.34. The van der Waals surface area contributed by atoms with E-state index in [0.717, 1.165) is 19.3 Å². The van der Waals surface area contributed by atoms with Gasteiger partial charge in [-0.05, 0) is 19.8 Å². The maximum atomic E-state index is 10.6. The zero-order valence-corrected chi connectivity index (χ0v) is 25.3. The number of halogens is 1. The minimum atomic E-state index is -1.05. The average molecular weight is 521 g/mol. The molecule has 0 heterocycles. The van der Waals surface area contributed by atoms with Gasteiger partial charge in [-0.15, -0.1) is 12.4 Å². The molecule has 1 unspecified atom stereocenters. The summed E-state index contributed by atoms with van der Waals surface area (Å²) in [6.07, 6.45) is 28.8. The van der Waals surface area contributed by atoms with E-state index in [1.165, 1.54) is 116 Å². The number of primary amides is 1. The minimum Gasteiger partial charge on any atom is -0.376 e. The van der Waals surface area contributed by atoms with E-state index in [9.17, 15) is 9.90 Å². The fourth-order valence-electron chi connectivity index (χ4n) is 4.26. The molecule has 0 aliphatic rings. The molecule has 5 N–H and O–H groups in total. The molecule has 0 aromatic rings. The van der Waals surface area contributed by atoms with Crippen LogP contribution in [-0.4, -0.2) is 16.7 Å². The first-order valence-electron chi connectivity index (χ1n) is 14.9. The lowest BCUT2D eigenvalue weighted by molar-refractivity contribution is -0.118. The van der Waals surface area contributed by atoms with Gasteiger partial charge in [-0.3, -0.25) is 4.79 Å². The Kier molecular flexibility index (Phi) is 29.9. The van der Waals surface area contributed by atoms with Crippen molar-refractivity contribution >= 4 is 18.3 Å². The van der Waals surface area contributed by atoms with Gasteiger partial charge in [-0.25, -0.2) is 0 Å². The Labute approximate surface area is 226 Å². The highest BCUT2D eigenvalue weighted by Crippen LogP contribution is 2.31. The van der Waals surface area contributed by atoms with Crippen LogP contribution in [0.5, 0.6) is 0 Å². The van der Waals surface area contributed by atoms with Crippen molar-refractivity contribution in [3.8, 4) is 0 Å². The fourth-order valence-corrected chi connectivity index (χ4v) is 4.26. The average Bonchev–Trinajstić information content (AvgIpc) is 2.75. The van der Waals surface area contributed by atoms with Gasteiger partial charge >= 0.3 is 0 Å². The van der Waals surface area contributed by atoms with E-state index in [1.54, 1.807) is 6.92 Å². The Morgan fingerprint density at radius 3 is 1.09 bits per heavy atom. The smallest absolute Gasteiger partial charge is 0.217 e. The molecule has 0 radical (unpaired) electrons. The summed E-state index contributed by atoms with van der Waals surface area (Å²) in [5, 5.41) is 9.45. The molecule has 0 aliphatic heterocycles. The third-order valence-electron chi connectivity index (χ3n) is 7.27. The molecule has 35 heavy (non-hydrogen) atoms. The molecule has 0 spiro atoms. The summed E-state index contributed by atoms with van der Waals surface area (Å²) in [4.78, 5) is 10.6. The quantitative estimate of drug-likeness (QED) is 0.0925. The monoisotopic (exact) mass is 520 g/mol. The van der Waals surface area contributed by atoms with Gasteiger partial charge < -0.3 is 16.6 Å². The van der Waals surface area contributed by atoms with Crippen molar-refractivity contribution < 1.29 is 9.90 Å². The number of carbonyl (C=O) groups is 1. The van der Waals surface area contributed by atoms with E-state index in [-0.39, 0.29) is 23.7 Å². The number of rotatable bonds is 23. The highest BCUT2D eigenvalue weighted by atomic mass is 35.5. The summed E-state index contributed by atoms with van der Waals surface area (Å²) >= 11 is 0. The number of aliphatic hydroxyl groups is 1.